The van der Waals surface area contributed by atoms with Crippen LogP contribution in [0.3, 0.4) is 0 Å². The van der Waals surface area contributed by atoms with E-state index in [1.165, 1.54) is 28.7 Å². The van der Waals surface area contributed by atoms with Crippen LogP contribution in [-0.2, 0) is 16.8 Å². The van der Waals surface area contributed by atoms with Gasteiger partial charge in [-0.15, -0.1) is 0 Å². The first-order valence-electron chi connectivity index (χ1n) is 8.76. The van der Waals surface area contributed by atoms with E-state index < -0.39 is 0 Å². The molecule has 1 saturated heterocycles. The molecule has 3 atom stereocenters. The maximum atomic E-state index is 6.73. The monoisotopic (exact) mass is 312 g/mol. The van der Waals surface area contributed by atoms with E-state index in [0.717, 1.165) is 6.42 Å². The van der Waals surface area contributed by atoms with Crippen molar-refractivity contribution in [2.45, 2.75) is 24.5 Å². The van der Waals surface area contributed by atoms with Gasteiger partial charge in [0.05, 0.1) is 6.10 Å². The van der Waals surface area contributed by atoms with E-state index >= 15 is 0 Å². The molecule has 24 heavy (non-hydrogen) atoms. The second-order valence-electron chi connectivity index (χ2n) is 6.85. The molecule has 0 N–H and O–H groups in total. The zero-order valence-electron chi connectivity index (χ0n) is 13.6. The molecule has 3 aromatic carbocycles. The molecular weight excluding hydrogens is 292 g/mol. The number of aryl methyl sites for hydroxylation is 1. The number of benzene rings is 3. The van der Waals surface area contributed by atoms with Crippen LogP contribution in [0.25, 0.3) is 0 Å². The predicted octanol–water partition coefficient (Wildman–Crippen LogP) is 5.26. The molecule has 118 valence electrons. The van der Waals surface area contributed by atoms with Gasteiger partial charge in [-0.25, -0.2) is 0 Å². The van der Waals surface area contributed by atoms with Gasteiger partial charge < -0.3 is 4.74 Å². The van der Waals surface area contributed by atoms with E-state index in [0.29, 0.717) is 5.92 Å². The molecule has 0 radical (unpaired) electrons. The fourth-order valence-electron chi connectivity index (χ4n) is 4.61. The summed E-state index contributed by atoms with van der Waals surface area (Å²) in [6, 6.07) is 30.2. The maximum absolute atomic E-state index is 6.73. The first kappa shape index (κ1) is 14.0. The van der Waals surface area contributed by atoms with Crippen molar-refractivity contribution >= 4 is 0 Å². The molecular formula is C23H20O. The van der Waals surface area contributed by atoms with Crippen molar-refractivity contribution in [1.82, 2.24) is 0 Å². The molecule has 0 bridgehead atoms. The summed E-state index contributed by atoms with van der Waals surface area (Å²) in [5, 5.41) is 0. The summed E-state index contributed by atoms with van der Waals surface area (Å²) >= 11 is 0. The molecule has 2 aliphatic rings. The zero-order valence-corrected chi connectivity index (χ0v) is 13.6. The van der Waals surface area contributed by atoms with Gasteiger partial charge in [0.25, 0.3) is 0 Å². The topological polar surface area (TPSA) is 9.23 Å². The van der Waals surface area contributed by atoms with Crippen LogP contribution in [0.2, 0.25) is 0 Å². The molecule has 3 aromatic rings. The Hall–Kier alpha value is -2.38. The third kappa shape index (κ3) is 1.85. The Kier molecular flexibility index (Phi) is 3.11. The molecule has 0 spiro atoms. The van der Waals surface area contributed by atoms with E-state index in [1.807, 2.05) is 0 Å². The summed E-state index contributed by atoms with van der Waals surface area (Å²) in [6.07, 6.45) is 2.51. The molecule has 1 heteroatoms. The van der Waals surface area contributed by atoms with Crippen LogP contribution in [-0.4, -0.2) is 0 Å². The highest BCUT2D eigenvalue weighted by Gasteiger charge is 2.59. The van der Waals surface area contributed by atoms with Crippen LogP contribution in [0.5, 0.6) is 0 Å². The minimum absolute atomic E-state index is 0.194. The van der Waals surface area contributed by atoms with Gasteiger partial charge in [-0.3, -0.25) is 0 Å². The van der Waals surface area contributed by atoms with Crippen molar-refractivity contribution in [2.24, 2.45) is 5.92 Å². The van der Waals surface area contributed by atoms with Crippen molar-refractivity contribution in [3.05, 3.63) is 107 Å². The fourth-order valence-corrected chi connectivity index (χ4v) is 4.61. The predicted molar refractivity (Wildman–Crippen MR) is 95.7 cm³/mol. The van der Waals surface area contributed by atoms with Crippen molar-refractivity contribution in [1.29, 1.82) is 0 Å². The molecule has 1 heterocycles. The Labute approximate surface area is 142 Å². The third-order valence-electron chi connectivity index (χ3n) is 5.67. The van der Waals surface area contributed by atoms with Crippen molar-refractivity contribution in [3.8, 4) is 0 Å². The van der Waals surface area contributed by atoms with Crippen LogP contribution in [0, 0.1) is 5.92 Å². The Bertz CT molecular complexity index is 855. The standard InChI is InChI=1S/C23H20O/c1-3-10-18(11-4-1)22-21-16-15-17-9-7-8-14-20(17)23(21,24-22)19-12-5-2-6-13-19/h1-14,21-22H,15-16H2/t21-,22+,23+/m1/s1. The van der Waals surface area contributed by atoms with E-state index in [1.54, 1.807) is 0 Å². The van der Waals surface area contributed by atoms with Gasteiger partial charge in [0.15, 0.2) is 0 Å². The molecule has 0 unspecified atom stereocenters. The summed E-state index contributed by atoms with van der Waals surface area (Å²) in [4.78, 5) is 0. The molecule has 0 aromatic heterocycles. The molecule has 1 aliphatic heterocycles. The molecule has 1 nitrogen and oxygen atoms in total. The minimum atomic E-state index is -0.281. The lowest BCUT2D eigenvalue weighted by Crippen LogP contribution is -2.56. The lowest BCUT2D eigenvalue weighted by atomic mass is 9.61. The van der Waals surface area contributed by atoms with Gasteiger partial charge in [-0.05, 0) is 35.1 Å². The molecule has 0 amide bonds. The molecule has 1 fully saturated rings. The second kappa shape index (κ2) is 5.32. The first-order chi connectivity index (χ1) is 11.9. The van der Waals surface area contributed by atoms with Gasteiger partial charge in [0.2, 0.25) is 0 Å². The van der Waals surface area contributed by atoms with Crippen LogP contribution >= 0.6 is 0 Å². The Morgan fingerprint density at radius 3 is 2.21 bits per heavy atom. The average Bonchev–Trinajstić information content (AvgIpc) is 2.64. The van der Waals surface area contributed by atoms with Crippen LogP contribution in [0.1, 0.15) is 34.8 Å². The van der Waals surface area contributed by atoms with Gasteiger partial charge in [0.1, 0.15) is 5.60 Å². The third-order valence-corrected chi connectivity index (χ3v) is 5.67. The number of hydrogen-bond donors (Lipinski definition) is 0. The fraction of sp³-hybridized carbons (Fsp3) is 0.217. The highest BCUT2D eigenvalue weighted by molar-refractivity contribution is 5.48. The summed E-state index contributed by atoms with van der Waals surface area (Å²) in [6.45, 7) is 0. The second-order valence-corrected chi connectivity index (χ2v) is 6.85. The van der Waals surface area contributed by atoms with Crippen molar-refractivity contribution in [3.63, 3.8) is 0 Å². The van der Waals surface area contributed by atoms with Crippen LogP contribution < -0.4 is 0 Å². The number of fused-ring (bicyclic) bond motifs is 3. The van der Waals surface area contributed by atoms with E-state index in [4.69, 9.17) is 4.74 Å². The molecule has 0 saturated carbocycles. The van der Waals surface area contributed by atoms with E-state index in [9.17, 15) is 0 Å². The van der Waals surface area contributed by atoms with Crippen LogP contribution in [0.15, 0.2) is 84.9 Å². The smallest absolute Gasteiger partial charge is 0.125 e. The quantitative estimate of drug-likeness (QED) is 0.627. The normalized spacial score (nSPS) is 27.7. The largest absolute Gasteiger partial charge is 0.357 e. The van der Waals surface area contributed by atoms with E-state index in [2.05, 4.69) is 84.9 Å². The molecule has 5 rings (SSSR count). The van der Waals surface area contributed by atoms with Crippen molar-refractivity contribution in [2.75, 3.05) is 0 Å². The van der Waals surface area contributed by atoms with E-state index in [-0.39, 0.29) is 11.7 Å². The number of ether oxygens (including phenoxy) is 1. The highest BCUT2D eigenvalue weighted by Crippen LogP contribution is 2.62. The summed E-state index contributed by atoms with van der Waals surface area (Å²) in [7, 11) is 0. The maximum Gasteiger partial charge on any atom is 0.125 e. The van der Waals surface area contributed by atoms with Crippen LogP contribution in [0.4, 0.5) is 0 Å². The lowest BCUT2D eigenvalue weighted by molar-refractivity contribution is -0.257. The zero-order chi connectivity index (χ0) is 16.0. The van der Waals surface area contributed by atoms with Gasteiger partial charge in [-0.1, -0.05) is 84.9 Å². The highest BCUT2D eigenvalue weighted by atomic mass is 16.5. The number of rotatable bonds is 2. The van der Waals surface area contributed by atoms with Crippen molar-refractivity contribution < 1.29 is 4.74 Å². The summed E-state index contributed by atoms with van der Waals surface area (Å²) < 4.78 is 6.73. The summed E-state index contributed by atoms with van der Waals surface area (Å²) in [5.74, 6) is 0.497. The Morgan fingerprint density at radius 2 is 1.42 bits per heavy atom. The first-order valence-corrected chi connectivity index (χ1v) is 8.76. The SMILES string of the molecule is c1ccc([C@@H]2O[C@@]3(c4ccccc4)c4ccccc4CC[C@H]23)cc1. The average molecular weight is 312 g/mol. The number of hydrogen-bond acceptors (Lipinski definition) is 1. The molecule has 1 aliphatic carbocycles. The summed E-state index contributed by atoms with van der Waals surface area (Å²) in [5.41, 5.74) is 5.10. The Morgan fingerprint density at radius 1 is 0.750 bits per heavy atom. The van der Waals surface area contributed by atoms with Gasteiger partial charge in [-0.2, -0.15) is 0 Å². The lowest BCUT2D eigenvalue weighted by Gasteiger charge is -2.58. The van der Waals surface area contributed by atoms with Gasteiger partial charge in [0, 0.05) is 5.92 Å². The minimum Gasteiger partial charge on any atom is -0.357 e. The Balaban J connectivity index is 1.66. The van der Waals surface area contributed by atoms with Gasteiger partial charge >= 0.3 is 0 Å².